The monoisotopic (exact) mass is 214 g/mol. The molecule has 0 aliphatic heterocycles. The molecule has 0 aromatic heterocycles. The van der Waals surface area contributed by atoms with Gasteiger partial charge >= 0.3 is 12.0 Å². The Hall–Kier alpha value is -0.820. The Morgan fingerprint density at radius 3 is 1.54 bits per heavy atom. The molecule has 1 atom stereocenters. The van der Waals surface area contributed by atoms with Crippen LogP contribution < -0.4 is 0 Å². The van der Waals surface area contributed by atoms with Gasteiger partial charge in [-0.05, 0) is 0 Å². The summed E-state index contributed by atoms with van der Waals surface area (Å²) < 4.78 is 92.3. The first-order chi connectivity index (χ1) is 5.71. The summed E-state index contributed by atoms with van der Waals surface area (Å²) >= 11 is 0. The van der Waals surface area contributed by atoms with Gasteiger partial charge in [0, 0.05) is 0 Å². The maximum absolute atomic E-state index is 11.9. The maximum Gasteiger partial charge on any atom is 0.340 e. The lowest BCUT2D eigenvalue weighted by molar-refractivity contribution is -0.116. The number of hydrogen-bond donors (Lipinski definition) is 0. The summed E-state index contributed by atoms with van der Waals surface area (Å²) in [6, 6.07) is 0. The van der Waals surface area contributed by atoms with Crippen LogP contribution in [0.1, 0.15) is 0 Å². The highest BCUT2D eigenvalue weighted by atomic mass is 19.3. The highest BCUT2D eigenvalue weighted by Crippen LogP contribution is 2.36. The van der Waals surface area contributed by atoms with Crippen LogP contribution in [-0.2, 0) is 0 Å². The third kappa shape index (κ3) is 2.56. The van der Waals surface area contributed by atoms with Crippen molar-refractivity contribution in [2.45, 2.75) is 18.5 Å². The van der Waals surface area contributed by atoms with E-state index in [-0.39, 0.29) is 0 Å². The van der Waals surface area contributed by atoms with E-state index in [9.17, 15) is 35.1 Å². The minimum atomic E-state index is -5.49. The van der Waals surface area contributed by atoms with Gasteiger partial charge in [0.25, 0.3) is 6.43 Å². The molecule has 0 aliphatic rings. The van der Waals surface area contributed by atoms with Gasteiger partial charge in [-0.3, -0.25) is 0 Å². The third-order valence-electron chi connectivity index (χ3n) is 1.03. The van der Waals surface area contributed by atoms with Crippen molar-refractivity contribution in [2.75, 3.05) is 0 Å². The van der Waals surface area contributed by atoms with Crippen LogP contribution in [0.25, 0.3) is 0 Å². The first kappa shape index (κ1) is 12.2. The molecule has 0 aromatic rings. The number of alkyl halides is 5. The van der Waals surface area contributed by atoms with Gasteiger partial charge in [0.1, 0.15) is 0 Å². The van der Waals surface area contributed by atoms with E-state index in [1.807, 2.05) is 0 Å². The van der Waals surface area contributed by atoms with Gasteiger partial charge in [0.2, 0.25) is 12.0 Å². The smallest absolute Gasteiger partial charge is 0.234 e. The number of hydrogen-bond acceptors (Lipinski definition) is 0. The van der Waals surface area contributed by atoms with Crippen molar-refractivity contribution >= 4 is 0 Å². The van der Waals surface area contributed by atoms with Gasteiger partial charge in [0.05, 0.1) is 0 Å². The predicted octanol–water partition coefficient (Wildman–Crippen LogP) is 3.30. The van der Waals surface area contributed by atoms with Crippen molar-refractivity contribution < 1.29 is 35.1 Å². The fourth-order valence-electron chi connectivity index (χ4n) is 0.405. The van der Waals surface area contributed by atoms with Crippen molar-refractivity contribution in [3.05, 3.63) is 11.9 Å². The Balaban J connectivity index is 4.86. The summed E-state index contributed by atoms with van der Waals surface area (Å²) in [5.41, 5.74) is 0. The molecule has 1 unspecified atom stereocenters. The SMILES string of the molecule is FC(F)=C(F)C(F)(F)C(F)C(F)F. The van der Waals surface area contributed by atoms with Crippen LogP contribution in [0.4, 0.5) is 35.1 Å². The first-order valence-corrected chi connectivity index (χ1v) is 2.72. The Morgan fingerprint density at radius 1 is 0.923 bits per heavy atom. The Kier molecular flexibility index (Phi) is 3.68. The van der Waals surface area contributed by atoms with Gasteiger partial charge in [-0.15, -0.1) is 0 Å². The predicted molar refractivity (Wildman–Crippen MR) is 26.2 cm³/mol. The number of rotatable bonds is 3. The third-order valence-corrected chi connectivity index (χ3v) is 1.03. The van der Waals surface area contributed by atoms with Crippen molar-refractivity contribution in [1.82, 2.24) is 0 Å². The molecule has 0 bridgehead atoms. The number of allylic oxidation sites excluding steroid dienone is 1. The largest absolute Gasteiger partial charge is 0.340 e. The van der Waals surface area contributed by atoms with Crippen LogP contribution in [0.2, 0.25) is 0 Å². The molecule has 0 radical (unpaired) electrons. The lowest BCUT2D eigenvalue weighted by Crippen LogP contribution is -2.36. The molecule has 0 aromatic carbocycles. The summed E-state index contributed by atoms with van der Waals surface area (Å²) in [6.07, 6.45) is -12.0. The highest BCUT2D eigenvalue weighted by molar-refractivity contribution is 5.08. The summed E-state index contributed by atoms with van der Waals surface area (Å²) in [5.74, 6) is -8.96. The zero-order chi connectivity index (χ0) is 10.8. The molecule has 0 amide bonds. The topological polar surface area (TPSA) is 0 Å². The lowest BCUT2D eigenvalue weighted by Gasteiger charge is -2.17. The maximum atomic E-state index is 11.9. The zero-order valence-electron chi connectivity index (χ0n) is 5.68. The van der Waals surface area contributed by atoms with E-state index >= 15 is 0 Å². The highest BCUT2D eigenvalue weighted by Gasteiger charge is 2.52. The Bertz CT molecular complexity index is 203. The van der Waals surface area contributed by atoms with Crippen molar-refractivity contribution in [3.63, 3.8) is 0 Å². The molecule has 0 saturated carbocycles. The van der Waals surface area contributed by atoms with Crippen molar-refractivity contribution in [2.24, 2.45) is 0 Å². The molecular weight excluding hydrogens is 212 g/mol. The van der Waals surface area contributed by atoms with Crippen LogP contribution in [-0.4, -0.2) is 18.5 Å². The van der Waals surface area contributed by atoms with Gasteiger partial charge in [-0.25, -0.2) is 13.2 Å². The van der Waals surface area contributed by atoms with E-state index < -0.39 is 30.4 Å². The summed E-state index contributed by atoms with van der Waals surface area (Å²) in [7, 11) is 0. The second-order valence-corrected chi connectivity index (χ2v) is 1.93. The zero-order valence-corrected chi connectivity index (χ0v) is 5.68. The molecule has 0 nitrogen and oxygen atoms in total. The quantitative estimate of drug-likeness (QED) is 0.632. The molecule has 13 heavy (non-hydrogen) atoms. The average Bonchev–Trinajstić information content (AvgIpc) is 2.01. The minimum Gasteiger partial charge on any atom is -0.234 e. The number of halogens is 8. The standard InChI is InChI=1S/C5H2F8/c6-1(3(8)9)5(12,13)2(7)4(10)11/h1,3H. The second kappa shape index (κ2) is 3.93. The average molecular weight is 214 g/mol. The molecule has 78 valence electrons. The van der Waals surface area contributed by atoms with Crippen LogP contribution in [0.5, 0.6) is 0 Å². The second-order valence-electron chi connectivity index (χ2n) is 1.93. The normalized spacial score (nSPS) is 14.5. The van der Waals surface area contributed by atoms with E-state index in [1.54, 1.807) is 0 Å². The van der Waals surface area contributed by atoms with Crippen LogP contribution in [0, 0.1) is 0 Å². The van der Waals surface area contributed by atoms with Gasteiger partial charge in [-0.1, -0.05) is 0 Å². The summed E-state index contributed by atoms with van der Waals surface area (Å²) in [5, 5.41) is 0. The fourth-order valence-corrected chi connectivity index (χ4v) is 0.405. The molecule has 0 rings (SSSR count). The van der Waals surface area contributed by atoms with E-state index in [1.165, 1.54) is 0 Å². The molecular formula is C5H2F8. The van der Waals surface area contributed by atoms with Crippen LogP contribution >= 0.6 is 0 Å². The summed E-state index contributed by atoms with van der Waals surface area (Å²) in [4.78, 5) is 0. The van der Waals surface area contributed by atoms with E-state index in [0.29, 0.717) is 0 Å². The van der Waals surface area contributed by atoms with Crippen molar-refractivity contribution in [3.8, 4) is 0 Å². The van der Waals surface area contributed by atoms with Gasteiger partial charge in [-0.2, -0.15) is 22.0 Å². The van der Waals surface area contributed by atoms with Gasteiger partial charge in [0.15, 0.2) is 0 Å². The molecule has 0 aliphatic carbocycles. The van der Waals surface area contributed by atoms with Crippen LogP contribution in [0.3, 0.4) is 0 Å². The summed E-state index contributed by atoms with van der Waals surface area (Å²) in [6.45, 7) is 0. The molecule has 8 heteroatoms. The Labute approximate surface area is 66.8 Å². The molecule has 0 fully saturated rings. The van der Waals surface area contributed by atoms with Crippen LogP contribution in [0.15, 0.2) is 11.9 Å². The van der Waals surface area contributed by atoms with E-state index in [2.05, 4.69) is 0 Å². The minimum absolute atomic E-state index is 3.47. The van der Waals surface area contributed by atoms with E-state index in [4.69, 9.17) is 0 Å². The van der Waals surface area contributed by atoms with Crippen molar-refractivity contribution in [1.29, 1.82) is 0 Å². The Morgan fingerprint density at radius 2 is 1.31 bits per heavy atom. The molecule has 0 spiro atoms. The molecule has 0 heterocycles. The molecule has 0 N–H and O–H groups in total. The van der Waals surface area contributed by atoms with Gasteiger partial charge < -0.3 is 0 Å². The molecule has 0 saturated heterocycles. The first-order valence-electron chi connectivity index (χ1n) is 2.72. The van der Waals surface area contributed by atoms with E-state index in [0.717, 1.165) is 0 Å². The lowest BCUT2D eigenvalue weighted by atomic mass is 10.2. The fraction of sp³-hybridized carbons (Fsp3) is 0.600.